The number of aliphatic hydroxyl groups is 1. The van der Waals surface area contributed by atoms with E-state index in [9.17, 15) is 5.11 Å². The molecule has 0 aliphatic heterocycles. The monoisotopic (exact) mass is 326 g/mol. The van der Waals surface area contributed by atoms with Crippen LogP contribution in [0.3, 0.4) is 0 Å². The molecule has 4 aliphatic rings. The lowest BCUT2D eigenvalue weighted by Crippen LogP contribution is -2.52. The van der Waals surface area contributed by atoms with Crippen LogP contribution in [0.15, 0.2) is 23.0 Å². The maximum absolute atomic E-state index is 11.1. The van der Waals surface area contributed by atoms with Crippen molar-refractivity contribution in [3.8, 4) is 12.3 Å². The smallest absolute Gasteiger partial charge is 0.130 e. The van der Waals surface area contributed by atoms with E-state index in [0.29, 0.717) is 23.7 Å². The van der Waals surface area contributed by atoms with Crippen molar-refractivity contribution in [1.29, 1.82) is 0 Å². The zero-order valence-electron chi connectivity index (χ0n) is 15.3. The summed E-state index contributed by atoms with van der Waals surface area (Å²) < 4.78 is 5.51. The minimum atomic E-state index is -0.896. The summed E-state index contributed by atoms with van der Waals surface area (Å²) in [7, 11) is 1.79. The summed E-state index contributed by atoms with van der Waals surface area (Å²) >= 11 is 0. The molecule has 0 saturated heterocycles. The largest absolute Gasteiger partial charge is 0.501 e. The van der Waals surface area contributed by atoms with Crippen molar-refractivity contribution in [2.75, 3.05) is 7.11 Å². The molecule has 2 heteroatoms. The van der Waals surface area contributed by atoms with Crippen molar-refractivity contribution in [2.24, 2.45) is 29.1 Å². The van der Waals surface area contributed by atoms with Gasteiger partial charge >= 0.3 is 0 Å². The fraction of sp³-hybridized carbons (Fsp3) is 0.727. The zero-order chi connectivity index (χ0) is 17.1. The maximum atomic E-state index is 11.1. The van der Waals surface area contributed by atoms with Gasteiger partial charge in [-0.05, 0) is 68.3 Å². The van der Waals surface area contributed by atoms with Crippen molar-refractivity contribution in [3.05, 3.63) is 23.0 Å². The highest BCUT2D eigenvalue weighted by Crippen LogP contribution is 2.65. The molecule has 0 spiro atoms. The quantitative estimate of drug-likeness (QED) is 0.570. The van der Waals surface area contributed by atoms with E-state index in [2.05, 4.69) is 25.8 Å². The average molecular weight is 326 g/mol. The maximum Gasteiger partial charge on any atom is 0.130 e. The van der Waals surface area contributed by atoms with Crippen molar-refractivity contribution in [3.63, 3.8) is 0 Å². The number of ether oxygens (including phenoxy) is 1. The molecular weight excluding hydrogens is 296 g/mol. The third-order valence-corrected chi connectivity index (χ3v) is 8.05. The highest BCUT2D eigenvalue weighted by molar-refractivity contribution is 5.34. The number of allylic oxidation sites excluding steroid dienone is 3. The number of fused-ring (bicyclic) bond motifs is 4. The second-order valence-electron chi connectivity index (χ2n) is 8.86. The Bertz CT molecular complexity index is 651. The fourth-order valence-corrected chi connectivity index (χ4v) is 6.71. The number of hydrogen-bond acceptors (Lipinski definition) is 2. The minimum absolute atomic E-state index is 0.0998. The molecule has 2 nitrogen and oxygen atoms in total. The van der Waals surface area contributed by atoms with Crippen LogP contribution in [0.2, 0.25) is 0 Å². The summed E-state index contributed by atoms with van der Waals surface area (Å²) in [5.74, 6) is 6.53. The standard InChI is InChI=1S/C22H30O2/c1-5-22(23)11-9-19-20-14(2)12-15-13-16(24-4)6-7-17(15)18(20)8-10-21(19,22)3/h1,6,14,18-20,23H,7-13H2,2-4H3/t14-,18-,19-,20+,21+,22+/m1/s1. The molecule has 0 heterocycles. The Labute approximate surface area is 146 Å². The van der Waals surface area contributed by atoms with Crippen LogP contribution in [0, 0.1) is 41.4 Å². The normalized spacial score (nSPS) is 47.2. The van der Waals surface area contributed by atoms with Crippen LogP contribution in [0.1, 0.15) is 58.8 Å². The molecule has 0 amide bonds. The summed E-state index contributed by atoms with van der Waals surface area (Å²) in [6.07, 6.45) is 15.4. The lowest BCUT2D eigenvalue weighted by Gasteiger charge is -2.55. The highest BCUT2D eigenvalue weighted by Gasteiger charge is 2.62. The lowest BCUT2D eigenvalue weighted by atomic mass is 9.50. The summed E-state index contributed by atoms with van der Waals surface area (Å²) in [6.45, 7) is 4.69. The Morgan fingerprint density at radius 1 is 1.33 bits per heavy atom. The van der Waals surface area contributed by atoms with E-state index < -0.39 is 5.60 Å². The average Bonchev–Trinajstić information content (AvgIpc) is 2.86. The molecule has 0 aromatic carbocycles. The van der Waals surface area contributed by atoms with Gasteiger partial charge < -0.3 is 9.84 Å². The first-order valence-electron chi connectivity index (χ1n) is 9.57. The van der Waals surface area contributed by atoms with Gasteiger partial charge in [-0.25, -0.2) is 0 Å². The third kappa shape index (κ3) is 2.00. The summed E-state index contributed by atoms with van der Waals surface area (Å²) in [5, 5.41) is 11.1. The van der Waals surface area contributed by atoms with Gasteiger partial charge in [-0.1, -0.05) is 30.9 Å². The first-order valence-corrected chi connectivity index (χ1v) is 9.57. The molecule has 24 heavy (non-hydrogen) atoms. The van der Waals surface area contributed by atoms with Crippen molar-refractivity contribution in [1.82, 2.24) is 0 Å². The van der Waals surface area contributed by atoms with Crippen molar-refractivity contribution < 1.29 is 9.84 Å². The SMILES string of the molecule is C#C[C@]1(O)CC[C@@H]2[C@H]3[C@H](C)CC4=C(CC=C(OC)C4)[C@H]3CC[C@@]21C. The molecule has 0 bridgehead atoms. The lowest BCUT2D eigenvalue weighted by molar-refractivity contribution is -0.0803. The first-order chi connectivity index (χ1) is 11.4. The van der Waals surface area contributed by atoms with Crippen LogP contribution in [-0.4, -0.2) is 17.8 Å². The van der Waals surface area contributed by atoms with Crippen molar-refractivity contribution in [2.45, 2.75) is 64.4 Å². The van der Waals surface area contributed by atoms with E-state index in [1.165, 1.54) is 12.8 Å². The van der Waals surface area contributed by atoms with Gasteiger partial charge in [0.05, 0.1) is 12.9 Å². The molecule has 0 radical (unpaired) electrons. The molecule has 0 aromatic rings. The van der Waals surface area contributed by atoms with E-state index >= 15 is 0 Å². The van der Waals surface area contributed by atoms with Gasteiger partial charge in [-0.15, -0.1) is 6.42 Å². The molecule has 1 N–H and O–H groups in total. The van der Waals surface area contributed by atoms with Gasteiger partial charge in [0.15, 0.2) is 0 Å². The number of terminal acetylenes is 1. The van der Waals surface area contributed by atoms with E-state index in [0.717, 1.165) is 37.9 Å². The second kappa shape index (κ2) is 5.40. The Balaban J connectivity index is 1.68. The van der Waals surface area contributed by atoms with Crippen LogP contribution >= 0.6 is 0 Å². The molecule has 0 aromatic heterocycles. The molecule has 4 aliphatic carbocycles. The number of rotatable bonds is 1. The molecule has 6 atom stereocenters. The van der Waals surface area contributed by atoms with Gasteiger partial charge in [0.2, 0.25) is 0 Å². The predicted octanol–water partition coefficient (Wildman–Crippen LogP) is 4.45. The van der Waals surface area contributed by atoms with Crippen LogP contribution in [0.4, 0.5) is 0 Å². The molecule has 2 saturated carbocycles. The zero-order valence-corrected chi connectivity index (χ0v) is 15.3. The third-order valence-electron chi connectivity index (χ3n) is 8.05. The van der Waals surface area contributed by atoms with Gasteiger partial charge in [-0.3, -0.25) is 0 Å². The van der Waals surface area contributed by atoms with Crippen LogP contribution in [-0.2, 0) is 4.74 Å². The van der Waals surface area contributed by atoms with Crippen molar-refractivity contribution >= 4 is 0 Å². The number of methoxy groups -OCH3 is 1. The topological polar surface area (TPSA) is 29.5 Å². The molecular formula is C22H30O2. The van der Waals surface area contributed by atoms with E-state index in [1.54, 1.807) is 18.3 Å². The second-order valence-corrected chi connectivity index (χ2v) is 8.86. The minimum Gasteiger partial charge on any atom is -0.501 e. The van der Waals surface area contributed by atoms with E-state index in [-0.39, 0.29) is 5.41 Å². The number of hydrogen-bond donors (Lipinski definition) is 1. The van der Waals surface area contributed by atoms with Crippen LogP contribution in [0.5, 0.6) is 0 Å². The predicted molar refractivity (Wildman–Crippen MR) is 96.0 cm³/mol. The highest BCUT2D eigenvalue weighted by atomic mass is 16.5. The van der Waals surface area contributed by atoms with Crippen LogP contribution in [0.25, 0.3) is 0 Å². The van der Waals surface area contributed by atoms with Gasteiger partial charge in [0, 0.05) is 11.8 Å². The Hall–Kier alpha value is -1.20. The summed E-state index contributed by atoms with van der Waals surface area (Å²) in [6, 6.07) is 0. The molecule has 130 valence electrons. The Kier molecular flexibility index (Phi) is 3.66. The van der Waals surface area contributed by atoms with Gasteiger partial charge in [0.25, 0.3) is 0 Å². The fourth-order valence-electron chi connectivity index (χ4n) is 6.71. The van der Waals surface area contributed by atoms with Crippen LogP contribution < -0.4 is 0 Å². The van der Waals surface area contributed by atoms with Gasteiger partial charge in [0.1, 0.15) is 5.60 Å². The molecule has 2 fully saturated rings. The first kappa shape index (κ1) is 16.3. The van der Waals surface area contributed by atoms with Gasteiger partial charge in [-0.2, -0.15) is 0 Å². The van der Waals surface area contributed by atoms with E-state index in [4.69, 9.17) is 11.2 Å². The Morgan fingerprint density at radius 2 is 2.12 bits per heavy atom. The summed E-state index contributed by atoms with van der Waals surface area (Å²) in [4.78, 5) is 0. The molecule has 4 rings (SSSR count). The molecule has 0 unspecified atom stereocenters. The van der Waals surface area contributed by atoms with E-state index in [1.807, 2.05) is 0 Å². The summed E-state index contributed by atoms with van der Waals surface area (Å²) in [5.41, 5.74) is 2.33. The Morgan fingerprint density at radius 3 is 2.83 bits per heavy atom.